The molecule has 2 rings (SSSR count). The zero-order chi connectivity index (χ0) is 19.1. The first kappa shape index (κ1) is 21.0. The predicted molar refractivity (Wildman–Crippen MR) is 106 cm³/mol. The van der Waals surface area contributed by atoms with Crippen molar-refractivity contribution in [3.63, 3.8) is 0 Å². The van der Waals surface area contributed by atoms with E-state index in [1.807, 2.05) is 30.9 Å². The SMILES string of the molecule is CC(C)NC(=O)CN1CCCN(C(=O)CCc2cccc(Cl)c2Cl)CC1. The van der Waals surface area contributed by atoms with Gasteiger partial charge in [0.1, 0.15) is 0 Å². The summed E-state index contributed by atoms with van der Waals surface area (Å²) in [4.78, 5) is 28.5. The molecule has 0 aliphatic carbocycles. The van der Waals surface area contributed by atoms with E-state index in [-0.39, 0.29) is 17.9 Å². The van der Waals surface area contributed by atoms with E-state index >= 15 is 0 Å². The highest BCUT2D eigenvalue weighted by Crippen LogP contribution is 2.26. The fourth-order valence-corrected chi connectivity index (χ4v) is 3.50. The summed E-state index contributed by atoms with van der Waals surface area (Å²) in [5, 5.41) is 3.95. The molecule has 0 bridgehead atoms. The fraction of sp³-hybridized carbons (Fsp3) is 0.579. The summed E-state index contributed by atoms with van der Waals surface area (Å²) in [6.07, 6.45) is 1.86. The molecule has 0 atom stereocenters. The van der Waals surface area contributed by atoms with Gasteiger partial charge in [-0.3, -0.25) is 14.5 Å². The van der Waals surface area contributed by atoms with Gasteiger partial charge in [0.2, 0.25) is 11.8 Å². The van der Waals surface area contributed by atoms with Gasteiger partial charge in [0.15, 0.2) is 0 Å². The van der Waals surface area contributed by atoms with Gasteiger partial charge in [-0.15, -0.1) is 0 Å². The van der Waals surface area contributed by atoms with Crippen molar-refractivity contribution in [2.75, 3.05) is 32.7 Å². The lowest BCUT2D eigenvalue weighted by molar-refractivity contribution is -0.131. The zero-order valence-electron chi connectivity index (χ0n) is 15.4. The van der Waals surface area contributed by atoms with E-state index in [1.54, 1.807) is 6.07 Å². The summed E-state index contributed by atoms with van der Waals surface area (Å²) in [6, 6.07) is 5.64. The van der Waals surface area contributed by atoms with Crippen molar-refractivity contribution in [2.24, 2.45) is 0 Å². The molecule has 1 aromatic rings. The molecular weight excluding hydrogens is 373 g/mol. The maximum absolute atomic E-state index is 12.5. The molecule has 1 N–H and O–H groups in total. The van der Waals surface area contributed by atoms with Crippen LogP contribution in [0.1, 0.15) is 32.3 Å². The van der Waals surface area contributed by atoms with Crippen molar-refractivity contribution >= 4 is 35.0 Å². The fourth-order valence-electron chi connectivity index (χ4n) is 3.09. The number of benzene rings is 1. The van der Waals surface area contributed by atoms with Crippen LogP contribution in [0.3, 0.4) is 0 Å². The predicted octanol–water partition coefficient (Wildman–Crippen LogP) is 2.98. The molecule has 0 radical (unpaired) electrons. The average molecular weight is 400 g/mol. The minimum Gasteiger partial charge on any atom is -0.353 e. The molecule has 1 aliphatic heterocycles. The van der Waals surface area contributed by atoms with Crippen LogP contribution in [-0.4, -0.2) is 60.4 Å². The molecule has 1 aliphatic rings. The largest absolute Gasteiger partial charge is 0.353 e. The van der Waals surface area contributed by atoms with Crippen LogP contribution in [0.4, 0.5) is 0 Å². The molecule has 144 valence electrons. The average Bonchev–Trinajstić information content (AvgIpc) is 2.81. The summed E-state index contributed by atoms with van der Waals surface area (Å²) in [6.45, 7) is 7.21. The van der Waals surface area contributed by atoms with Gasteiger partial charge in [0.25, 0.3) is 0 Å². The quantitative estimate of drug-likeness (QED) is 0.799. The monoisotopic (exact) mass is 399 g/mol. The molecule has 7 heteroatoms. The molecule has 5 nitrogen and oxygen atoms in total. The highest BCUT2D eigenvalue weighted by Gasteiger charge is 2.20. The second-order valence-corrected chi connectivity index (χ2v) is 7.73. The van der Waals surface area contributed by atoms with Gasteiger partial charge < -0.3 is 10.2 Å². The highest BCUT2D eigenvalue weighted by molar-refractivity contribution is 6.42. The number of nitrogens with zero attached hydrogens (tertiary/aromatic N) is 2. The number of hydrogen-bond acceptors (Lipinski definition) is 3. The van der Waals surface area contributed by atoms with Gasteiger partial charge in [-0.05, 0) is 38.3 Å². The van der Waals surface area contributed by atoms with E-state index in [4.69, 9.17) is 23.2 Å². The first-order chi connectivity index (χ1) is 12.4. The van der Waals surface area contributed by atoms with Crippen LogP contribution in [0, 0.1) is 0 Å². The molecule has 1 aromatic carbocycles. The molecule has 26 heavy (non-hydrogen) atoms. The second kappa shape index (κ2) is 10.1. The lowest BCUT2D eigenvalue weighted by Crippen LogP contribution is -2.42. The van der Waals surface area contributed by atoms with E-state index in [0.717, 1.165) is 31.6 Å². The molecule has 0 spiro atoms. The summed E-state index contributed by atoms with van der Waals surface area (Å²) in [5.41, 5.74) is 0.898. The maximum atomic E-state index is 12.5. The van der Waals surface area contributed by atoms with Crippen LogP contribution >= 0.6 is 23.2 Å². The Morgan fingerprint density at radius 3 is 2.65 bits per heavy atom. The third kappa shape index (κ3) is 6.45. The standard InChI is InChI=1S/C19H27Cl2N3O2/c1-14(2)22-17(25)13-23-9-4-10-24(12-11-23)18(26)8-7-15-5-3-6-16(20)19(15)21/h3,5-6,14H,4,7-13H2,1-2H3,(H,22,25). The number of hydrogen-bond donors (Lipinski definition) is 1. The molecule has 0 unspecified atom stereocenters. The van der Waals surface area contributed by atoms with Gasteiger partial charge in [0, 0.05) is 38.6 Å². The summed E-state index contributed by atoms with van der Waals surface area (Å²) < 4.78 is 0. The number of nitrogens with one attached hydrogen (secondary N) is 1. The van der Waals surface area contributed by atoms with Crippen LogP contribution < -0.4 is 5.32 Å². The minimum absolute atomic E-state index is 0.0374. The van der Waals surface area contributed by atoms with Gasteiger partial charge in [-0.1, -0.05) is 35.3 Å². The number of amides is 2. The van der Waals surface area contributed by atoms with Crippen molar-refractivity contribution in [3.8, 4) is 0 Å². The smallest absolute Gasteiger partial charge is 0.234 e. The number of halogens is 2. The molecular formula is C19H27Cl2N3O2. The topological polar surface area (TPSA) is 52.7 Å². The number of rotatable bonds is 6. The van der Waals surface area contributed by atoms with Crippen molar-refractivity contribution in [3.05, 3.63) is 33.8 Å². The molecule has 2 amide bonds. The number of carbonyl (C=O) groups excluding carboxylic acids is 2. The van der Waals surface area contributed by atoms with Gasteiger partial charge in [-0.25, -0.2) is 0 Å². The molecule has 0 aromatic heterocycles. The van der Waals surface area contributed by atoms with Crippen molar-refractivity contribution in [1.29, 1.82) is 0 Å². The van der Waals surface area contributed by atoms with Crippen LogP contribution in [-0.2, 0) is 16.0 Å². The lowest BCUT2D eigenvalue weighted by atomic mass is 10.1. The first-order valence-electron chi connectivity index (χ1n) is 9.09. The van der Waals surface area contributed by atoms with Crippen molar-refractivity contribution in [1.82, 2.24) is 15.1 Å². The Bertz CT molecular complexity index is 637. The highest BCUT2D eigenvalue weighted by atomic mass is 35.5. The minimum atomic E-state index is 0.0374. The van der Waals surface area contributed by atoms with Gasteiger partial charge in [-0.2, -0.15) is 0 Å². The van der Waals surface area contributed by atoms with Crippen LogP contribution in [0.25, 0.3) is 0 Å². The van der Waals surface area contributed by atoms with Crippen LogP contribution in [0.15, 0.2) is 18.2 Å². The lowest BCUT2D eigenvalue weighted by Gasteiger charge is -2.22. The Balaban J connectivity index is 1.81. The zero-order valence-corrected chi connectivity index (χ0v) is 16.9. The van der Waals surface area contributed by atoms with E-state index in [2.05, 4.69) is 10.2 Å². The van der Waals surface area contributed by atoms with E-state index in [1.165, 1.54) is 0 Å². The van der Waals surface area contributed by atoms with Crippen molar-refractivity contribution in [2.45, 2.75) is 39.2 Å². The Kier molecular flexibility index (Phi) is 8.19. The Hall–Kier alpha value is -1.30. The van der Waals surface area contributed by atoms with E-state index < -0.39 is 0 Å². The molecule has 1 fully saturated rings. The van der Waals surface area contributed by atoms with Crippen LogP contribution in [0.2, 0.25) is 10.0 Å². The molecule has 0 saturated carbocycles. The second-order valence-electron chi connectivity index (χ2n) is 6.95. The molecule has 1 heterocycles. The van der Waals surface area contributed by atoms with Crippen molar-refractivity contribution < 1.29 is 9.59 Å². The van der Waals surface area contributed by atoms with Crippen LogP contribution in [0.5, 0.6) is 0 Å². The molecule has 1 saturated heterocycles. The van der Waals surface area contributed by atoms with E-state index in [9.17, 15) is 9.59 Å². The first-order valence-corrected chi connectivity index (χ1v) is 9.84. The third-order valence-electron chi connectivity index (χ3n) is 4.40. The summed E-state index contributed by atoms with van der Waals surface area (Å²) in [5.74, 6) is 0.157. The summed E-state index contributed by atoms with van der Waals surface area (Å²) in [7, 11) is 0. The number of carbonyl (C=O) groups is 2. The summed E-state index contributed by atoms with van der Waals surface area (Å²) >= 11 is 12.2. The third-order valence-corrected chi connectivity index (χ3v) is 5.26. The number of aryl methyl sites for hydroxylation is 1. The van der Waals surface area contributed by atoms with Gasteiger partial charge in [0.05, 0.1) is 16.6 Å². The normalized spacial score (nSPS) is 15.8. The van der Waals surface area contributed by atoms with Gasteiger partial charge >= 0.3 is 0 Å². The Labute approximate surface area is 165 Å². The Morgan fingerprint density at radius 2 is 1.92 bits per heavy atom. The maximum Gasteiger partial charge on any atom is 0.234 e. The van der Waals surface area contributed by atoms with E-state index in [0.29, 0.717) is 36.0 Å². The Morgan fingerprint density at radius 1 is 1.15 bits per heavy atom.